The number of hydrogen-bond acceptors (Lipinski definition) is 6. The van der Waals surface area contributed by atoms with E-state index in [4.69, 9.17) is 5.73 Å². The second kappa shape index (κ2) is 10.1. The molecule has 10 nitrogen and oxygen atoms in total. The molecule has 0 saturated heterocycles. The third-order valence-electron chi connectivity index (χ3n) is 5.35. The average molecular weight is 466 g/mol. The third kappa shape index (κ3) is 4.78. The number of amides is 1. The molecule has 1 aromatic heterocycles. The van der Waals surface area contributed by atoms with Crippen molar-refractivity contribution in [3.8, 4) is 0 Å². The zero-order valence-electron chi connectivity index (χ0n) is 19.1. The minimum absolute atomic E-state index is 0.0234. The van der Waals surface area contributed by atoms with Crippen molar-refractivity contribution in [2.45, 2.75) is 52.0 Å². The first-order valence-corrected chi connectivity index (χ1v) is 12.0. The van der Waals surface area contributed by atoms with Crippen LogP contribution >= 0.6 is 0 Å². The SMILES string of the molecule is CCCCn1c(N)c(N(C)C(=O)c2ccc(C)c(S(=O)(=O)N(CC)CC)c2)c(=O)[nH]c1=O. The zero-order valence-corrected chi connectivity index (χ0v) is 20.0. The summed E-state index contributed by atoms with van der Waals surface area (Å²) in [4.78, 5) is 41.0. The summed E-state index contributed by atoms with van der Waals surface area (Å²) in [5, 5.41) is 0. The monoisotopic (exact) mass is 465 g/mol. The van der Waals surface area contributed by atoms with Crippen LogP contribution < -0.4 is 21.9 Å². The number of nitrogens with zero attached hydrogens (tertiary/aromatic N) is 3. The number of unbranched alkanes of at least 4 members (excludes halogenated alkanes) is 1. The highest BCUT2D eigenvalue weighted by atomic mass is 32.2. The molecule has 0 unspecified atom stereocenters. The molecule has 0 saturated carbocycles. The highest BCUT2D eigenvalue weighted by Gasteiger charge is 2.27. The molecule has 176 valence electrons. The van der Waals surface area contributed by atoms with Crippen molar-refractivity contribution in [1.82, 2.24) is 13.9 Å². The number of hydrogen-bond donors (Lipinski definition) is 2. The molecular weight excluding hydrogens is 434 g/mol. The Hall–Kier alpha value is -2.92. The van der Waals surface area contributed by atoms with Crippen molar-refractivity contribution in [3.63, 3.8) is 0 Å². The van der Waals surface area contributed by atoms with E-state index in [9.17, 15) is 22.8 Å². The van der Waals surface area contributed by atoms with Gasteiger partial charge in [0.15, 0.2) is 5.69 Å². The van der Waals surface area contributed by atoms with Crippen molar-refractivity contribution in [2.24, 2.45) is 0 Å². The number of carbonyl (C=O) groups is 1. The number of nitrogen functional groups attached to an aromatic ring is 1. The normalized spacial score (nSPS) is 11.7. The summed E-state index contributed by atoms with van der Waals surface area (Å²) in [5.74, 6) is -0.745. The predicted octanol–water partition coefficient (Wildman–Crippen LogP) is 1.53. The van der Waals surface area contributed by atoms with E-state index in [1.165, 1.54) is 28.1 Å². The van der Waals surface area contributed by atoms with E-state index in [0.29, 0.717) is 31.6 Å². The third-order valence-corrected chi connectivity index (χ3v) is 7.54. The Kier molecular flexibility index (Phi) is 8.02. The van der Waals surface area contributed by atoms with Gasteiger partial charge in [-0.05, 0) is 31.0 Å². The molecule has 3 N–H and O–H groups in total. The Bertz CT molecular complexity index is 1210. The number of nitrogens with one attached hydrogen (secondary N) is 1. The Morgan fingerprint density at radius 3 is 2.34 bits per heavy atom. The maximum atomic E-state index is 13.2. The second-order valence-electron chi connectivity index (χ2n) is 7.43. The quantitative estimate of drug-likeness (QED) is 0.576. The van der Waals surface area contributed by atoms with Gasteiger partial charge >= 0.3 is 5.69 Å². The van der Waals surface area contributed by atoms with Crippen LogP contribution in [0, 0.1) is 6.92 Å². The summed E-state index contributed by atoms with van der Waals surface area (Å²) >= 11 is 0. The van der Waals surface area contributed by atoms with Crippen LogP contribution in [0.25, 0.3) is 0 Å². The van der Waals surface area contributed by atoms with Gasteiger partial charge in [-0.25, -0.2) is 13.2 Å². The molecule has 32 heavy (non-hydrogen) atoms. The molecule has 1 heterocycles. The van der Waals surface area contributed by atoms with E-state index in [1.807, 2.05) is 6.92 Å². The first-order valence-electron chi connectivity index (χ1n) is 10.5. The smallest absolute Gasteiger partial charge is 0.330 e. The molecule has 0 bridgehead atoms. The second-order valence-corrected chi connectivity index (χ2v) is 9.34. The van der Waals surface area contributed by atoms with Crippen LogP contribution in [0.3, 0.4) is 0 Å². The van der Waals surface area contributed by atoms with Gasteiger partial charge < -0.3 is 10.6 Å². The number of rotatable bonds is 9. The lowest BCUT2D eigenvalue weighted by Gasteiger charge is -2.22. The largest absolute Gasteiger partial charge is 0.383 e. The highest BCUT2D eigenvalue weighted by Crippen LogP contribution is 2.24. The molecule has 2 aromatic rings. The number of aromatic nitrogens is 2. The highest BCUT2D eigenvalue weighted by molar-refractivity contribution is 7.89. The molecule has 0 spiro atoms. The van der Waals surface area contributed by atoms with Gasteiger partial charge in [-0.15, -0.1) is 0 Å². The van der Waals surface area contributed by atoms with Gasteiger partial charge in [-0.3, -0.25) is 19.1 Å². The lowest BCUT2D eigenvalue weighted by Crippen LogP contribution is -2.39. The van der Waals surface area contributed by atoms with Crippen LogP contribution in [0.1, 0.15) is 49.5 Å². The van der Waals surface area contributed by atoms with Gasteiger partial charge in [-0.1, -0.05) is 33.3 Å². The molecule has 0 aliphatic rings. The molecule has 1 aromatic carbocycles. The number of aryl methyl sites for hydroxylation is 1. The minimum atomic E-state index is -3.79. The van der Waals surface area contributed by atoms with Crippen LogP contribution in [0.5, 0.6) is 0 Å². The lowest BCUT2D eigenvalue weighted by atomic mass is 10.1. The summed E-state index contributed by atoms with van der Waals surface area (Å²) < 4.78 is 28.5. The van der Waals surface area contributed by atoms with Gasteiger partial charge in [0, 0.05) is 32.2 Å². The van der Waals surface area contributed by atoms with Crippen molar-refractivity contribution in [3.05, 3.63) is 50.2 Å². The van der Waals surface area contributed by atoms with E-state index in [1.54, 1.807) is 26.8 Å². The first-order chi connectivity index (χ1) is 15.0. The fraction of sp³-hybridized carbons (Fsp3) is 0.476. The predicted molar refractivity (Wildman–Crippen MR) is 125 cm³/mol. The summed E-state index contributed by atoms with van der Waals surface area (Å²) in [5.41, 5.74) is 5.06. The maximum absolute atomic E-state index is 13.2. The van der Waals surface area contributed by atoms with Crippen molar-refractivity contribution >= 4 is 27.4 Å². The van der Waals surface area contributed by atoms with E-state index < -0.39 is 27.2 Å². The molecule has 0 fully saturated rings. The number of benzene rings is 1. The van der Waals surface area contributed by atoms with E-state index >= 15 is 0 Å². The Morgan fingerprint density at radius 1 is 1.16 bits per heavy atom. The molecule has 1 amide bonds. The molecule has 11 heteroatoms. The Balaban J connectivity index is 2.56. The van der Waals surface area contributed by atoms with Gasteiger partial charge in [-0.2, -0.15) is 4.31 Å². The molecule has 0 aliphatic heterocycles. The number of carbonyl (C=O) groups excluding carboxylic acids is 1. The number of sulfonamides is 1. The maximum Gasteiger partial charge on any atom is 0.330 e. The van der Waals surface area contributed by atoms with Crippen LogP contribution in [0.2, 0.25) is 0 Å². The lowest BCUT2D eigenvalue weighted by molar-refractivity contribution is 0.0992. The average Bonchev–Trinajstić information content (AvgIpc) is 2.73. The van der Waals surface area contributed by atoms with E-state index in [0.717, 1.165) is 11.3 Å². The first kappa shape index (κ1) is 25.3. The summed E-state index contributed by atoms with van der Waals surface area (Å²) in [6, 6.07) is 4.35. The molecule has 0 atom stereocenters. The van der Waals surface area contributed by atoms with Crippen LogP contribution in [-0.2, 0) is 16.6 Å². The van der Waals surface area contributed by atoms with Crippen LogP contribution in [-0.4, -0.2) is 48.3 Å². The molecular formula is C21H31N5O5S. The topological polar surface area (TPSA) is 139 Å². The summed E-state index contributed by atoms with van der Waals surface area (Å²) in [6.07, 6.45) is 1.47. The Labute approximate surface area is 187 Å². The van der Waals surface area contributed by atoms with Crippen LogP contribution in [0.4, 0.5) is 11.5 Å². The van der Waals surface area contributed by atoms with Gasteiger partial charge in [0.1, 0.15) is 5.82 Å². The standard InChI is InChI=1S/C21H31N5O5S/c1-6-9-12-26-18(22)17(19(27)23-21(26)29)24(5)20(28)15-11-10-14(4)16(13-15)32(30,31)25(7-2)8-3/h10-11,13H,6-9,12,22H2,1-5H3,(H,23,27,29). The summed E-state index contributed by atoms with van der Waals surface area (Å²) in [7, 11) is -2.44. The number of H-pyrrole nitrogens is 1. The van der Waals surface area contributed by atoms with Crippen LogP contribution in [0.15, 0.2) is 32.7 Å². The molecule has 0 radical (unpaired) electrons. The number of anilines is 2. The van der Waals surface area contributed by atoms with Crippen molar-refractivity contribution in [2.75, 3.05) is 30.8 Å². The summed E-state index contributed by atoms with van der Waals surface area (Å²) in [6.45, 7) is 7.96. The van der Waals surface area contributed by atoms with Crippen molar-refractivity contribution < 1.29 is 13.2 Å². The van der Waals surface area contributed by atoms with Gasteiger partial charge in [0.05, 0.1) is 4.90 Å². The number of aromatic amines is 1. The fourth-order valence-electron chi connectivity index (χ4n) is 3.45. The zero-order chi connectivity index (χ0) is 24.2. The molecule has 2 rings (SSSR count). The van der Waals surface area contributed by atoms with Gasteiger partial charge in [0.2, 0.25) is 10.0 Å². The van der Waals surface area contributed by atoms with E-state index in [-0.39, 0.29) is 22.0 Å². The number of nitrogens with two attached hydrogens (primary N) is 1. The molecule has 0 aliphatic carbocycles. The van der Waals surface area contributed by atoms with Crippen molar-refractivity contribution in [1.29, 1.82) is 0 Å². The minimum Gasteiger partial charge on any atom is -0.383 e. The Morgan fingerprint density at radius 2 is 1.78 bits per heavy atom. The van der Waals surface area contributed by atoms with E-state index in [2.05, 4.69) is 4.98 Å². The fourth-order valence-corrected chi connectivity index (χ4v) is 5.16. The van der Waals surface area contributed by atoms with Gasteiger partial charge in [0.25, 0.3) is 11.5 Å².